The van der Waals surface area contributed by atoms with E-state index >= 15 is 0 Å². The van der Waals surface area contributed by atoms with E-state index in [4.69, 9.17) is 0 Å². The number of phenolic OH excluding ortho intramolecular Hbond substituents is 3. The van der Waals surface area contributed by atoms with Crippen molar-refractivity contribution < 1.29 is 20.4 Å². The van der Waals surface area contributed by atoms with Crippen LogP contribution in [0.5, 0.6) is 17.2 Å². The lowest BCUT2D eigenvalue weighted by atomic mass is 9.75. The molecule has 0 amide bonds. The maximum absolute atomic E-state index is 10.8. The van der Waals surface area contributed by atoms with Gasteiger partial charge in [0, 0.05) is 6.42 Å². The van der Waals surface area contributed by atoms with Gasteiger partial charge in [0.05, 0.1) is 6.10 Å². The number of aryl methyl sites for hydroxylation is 3. The molecule has 3 aromatic carbocycles. The summed E-state index contributed by atoms with van der Waals surface area (Å²) in [5.74, 6) is 1.75. The fraction of sp³-hybridized carbons (Fsp3) is 0.400. The zero-order chi connectivity index (χ0) is 24.6. The van der Waals surface area contributed by atoms with Crippen LogP contribution in [0, 0.1) is 32.6 Å². The first kappa shape index (κ1) is 24.2. The third-order valence-corrected chi connectivity index (χ3v) is 7.60. The second kappa shape index (κ2) is 9.71. The highest BCUT2D eigenvalue weighted by Gasteiger charge is 2.27. The summed E-state index contributed by atoms with van der Waals surface area (Å²) in [4.78, 5) is 0. The molecule has 1 aliphatic carbocycles. The Balaban J connectivity index is 1.68. The largest absolute Gasteiger partial charge is 0.508 e. The van der Waals surface area contributed by atoms with Crippen molar-refractivity contribution in [3.8, 4) is 28.4 Å². The highest BCUT2D eigenvalue weighted by Crippen LogP contribution is 2.38. The molecule has 0 bridgehead atoms. The van der Waals surface area contributed by atoms with Crippen molar-refractivity contribution in [3.63, 3.8) is 0 Å². The van der Waals surface area contributed by atoms with Crippen LogP contribution >= 0.6 is 0 Å². The minimum atomic E-state index is -0.205. The molecule has 0 radical (unpaired) electrons. The number of rotatable bonds is 5. The molecule has 0 aromatic heterocycles. The van der Waals surface area contributed by atoms with Gasteiger partial charge in [0.25, 0.3) is 0 Å². The van der Waals surface area contributed by atoms with Gasteiger partial charge in [-0.25, -0.2) is 0 Å². The van der Waals surface area contributed by atoms with E-state index in [0.717, 1.165) is 70.2 Å². The van der Waals surface area contributed by atoms with Crippen LogP contribution in [0.25, 0.3) is 11.1 Å². The molecule has 4 N–H and O–H groups in total. The van der Waals surface area contributed by atoms with Gasteiger partial charge in [-0.3, -0.25) is 0 Å². The van der Waals surface area contributed by atoms with Crippen molar-refractivity contribution in [2.75, 3.05) is 0 Å². The van der Waals surface area contributed by atoms with E-state index in [-0.39, 0.29) is 11.9 Å². The number of phenols is 3. The average molecular weight is 461 g/mol. The first-order valence-electron chi connectivity index (χ1n) is 12.2. The number of benzene rings is 3. The minimum absolute atomic E-state index is 0.205. The van der Waals surface area contributed by atoms with Gasteiger partial charge in [-0.1, -0.05) is 13.0 Å². The lowest BCUT2D eigenvalue weighted by molar-refractivity contribution is 0.0751. The van der Waals surface area contributed by atoms with Crippen LogP contribution in [0.4, 0.5) is 0 Å². The van der Waals surface area contributed by atoms with Crippen molar-refractivity contribution >= 4 is 0 Å². The zero-order valence-corrected chi connectivity index (χ0v) is 20.6. The summed E-state index contributed by atoms with van der Waals surface area (Å²) in [6.45, 7) is 8.00. The summed E-state index contributed by atoms with van der Waals surface area (Å²) in [5, 5.41) is 41.3. The van der Waals surface area contributed by atoms with Gasteiger partial charge in [0.2, 0.25) is 0 Å². The molecule has 0 spiro atoms. The van der Waals surface area contributed by atoms with E-state index in [0.29, 0.717) is 29.8 Å². The Morgan fingerprint density at radius 3 is 1.97 bits per heavy atom. The van der Waals surface area contributed by atoms with Crippen LogP contribution in [0.15, 0.2) is 42.5 Å². The Kier molecular flexibility index (Phi) is 6.90. The molecular weight excluding hydrogens is 424 g/mol. The Morgan fingerprint density at radius 2 is 1.35 bits per heavy atom. The molecule has 4 heteroatoms. The predicted octanol–water partition coefficient (Wildman–Crippen LogP) is 6.33. The molecule has 1 fully saturated rings. The standard InChI is InChI=1S/C30H36O4/c1-17-11-27(31)7-5-21(17)13-25-15-23(9-19(3)29(25)33)24-10-20(4)30(34)26(16-24)14-22-6-8-28(32)12-18(22)2/h5,7,9-11,15-16,18,22,28,31-34H,6,8,12-14H2,1-4H3. The summed E-state index contributed by atoms with van der Waals surface area (Å²) >= 11 is 0. The molecule has 180 valence electrons. The minimum Gasteiger partial charge on any atom is -0.508 e. The molecule has 34 heavy (non-hydrogen) atoms. The van der Waals surface area contributed by atoms with Crippen molar-refractivity contribution in [3.05, 3.63) is 75.8 Å². The van der Waals surface area contributed by atoms with Gasteiger partial charge in [0.1, 0.15) is 17.2 Å². The molecule has 0 saturated heterocycles. The van der Waals surface area contributed by atoms with Crippen LogP contribution < -0.4 is 0 Å². The summed E-state index contributed by atoms with van der Waals surface area (Å²) in [7, 11) is 0. The van der Waals surface area contributed by atoms with Gasteiger partial charge in [-0.2, -0.15) is 0 Å². The quantitative estimate of drug-likeness (QED) is 0.359. The maximum Gasteiger partial charge on any atom is 0.122 e. The van der Waals surface area contributed by atoms with Crippen molar-refractivity contribution in [1.29, 1.82) is 0 Å². The molecule has 1 aliphatic rings. The Hall–Kier alpha value is -2.98. The lowest BCUT2D eigenvalue weighted by Gasteiger charge is -2.32. The third kappa shape index (κ3) is 5.07. The molecule has 3 atom stereocenters. The summed E-state index contributed by atoms with van der Waals surface area (Å²) in [6, 6.07) is 13.4. The predicted molar refractivity (Wildman–Crippen MR) is 137 cm³/mol. The second-order valence-electron chi connectivity index (χ2n) is 10.3. The van der Waals surface area contributed by atoms with E-state index in [1.54, 1.807) is 12.1 Å². The topological polar surface area (TPSA) is 80.9 Å². The summed E-state index contributed by atoms with van der Waals surface area (Å²) in [6.07, 6.45) is 3.78. The number of aliphatic hydroxyl groups excluding tert-OH is 1. The fourth-order valence-electron chi connectivity index (χ4n) is 5.43. The number of aliphatic hydroxyl groups is 1. The van der Waals surface area contributed by atoms with Crippen LogP contribution in [-0.4, -0.2) is 26.5 Å². The lowest BCUT2D eigenvalue weighted by Crippen LogP contribution is -2.27. The monoisotopic (exact) mass is 460 g/mol. The smallest absolute Gasteiger partial charge is 0.122 e. The van der Waals surface area contributed by atoms with E-state index < -0.39 is 0 Å². The Morgan fingerprint density at radius 1 is 0.735 bits per heavy atom. The molecule has 1 saturated carbocycles. The summed E-state index contributed by atoms with van der Waals surface area (Å²) in [5.41, 5.74) is 7.52. The molecule has 0 heterocycles. The Bertz CT molecular complexity index is 1200. The number of hydrogen-bond donors (Lipinski definition) is 4. The van der Waals surface area contributed by atoms with Gasteiger partial charge in [0.15, 0.2) is 0 Å². The first-order valence-corrected chi connectivity index (χ1v) is 12.2. The fourth-order valence-corrected chi connectivity index (χ4v) is 5.43. The second-order valence-corrected chi connectivity index (χ2v) is 10.3. The SMILES string of the molecule is Cc1cc(O)ccc1Cc1cc(-c2cc(C)c(O)c(CC3CCC(O)CC3C)c2)cc(C)c1O. The molecule has 3 aromatic rings. The third-order valence-electron chi connectivity index (χ3n) is 7.60. The van der Waals surface area contributed by atoms with Crippen molar-refractivity contribution in [2.45, 2.75) is 65.9 Å². The summed E-state index contributed by atoms with van der Waals surface area (Å²) < 4.78 is 0. The van der Waals surface area contributed by atoms with E-state index in [1.807, 2.05) is 45.0 Å². The molecule has 3 unspecified atom stereocenters. The van der Waals surface area contributed by atoms with E-state index in [9.17, 15) is 20.4 Å². The van der Waals surface area contributed by atoms with Gasteiger partial charge >= 0.3 is 0 Å². The highest BCUT2D eigenvalue weighted by atomic mass is 16.3. The van der Waals surface area contributed by atoms with Crippen LogP contribution in [0.2, 0.25) is 0 Å². The number of aromatic hydroxyl groups is 3. The molecular formula is C30H36O4. The van der Waals surface area contributed by atoms with Gasteiger partial charge in [-0.15, -0.1) is 0 Å². The number of hydrogen-bond acceptors (Lipinski definition) is 4. The first-order chi connectivity index (χ1) is 16.1. The molecule has 0 aliphatic heterocycles. The Labute approximate surface area is 202 Å². The highest BCUT2D eigenvalue weighted by molar-refractivity contribution is 5.70. The van der Waals surface area contributed by atoms with Crippen LogP contribution in [0.1, 0.15) is 59.6 Å². The van der Waals surface area contributed by atoms with Crippen LogP contribution in [0.3, 0.4) is 0 Å². The maximum atomic E-state index is 10.8. The van der Waals surface area contributed by atoms with E-state index in [2.05, 4.69) is 13.0 Å². The normalized spacial score (nSPS) is 20.4. The van der Waals surface area contributed by atoms with Crippen molar-refractivity contribution in [1.82, 2.24) is 0 Å². The van der Waals surface area contributed by atoms with Gasteiger partial charge in [-0.05, 0) is 139 Å². The molecule has 4 rings (SSSR count). The van der Waals surface area contributed by atoms with Crippen LogP contribution in [-0.2, 0) is 12.8 Å². The van der Waals surface area contributed by atoms with Crippen molar-refractivity contribution in [2.24, 2.45) is 11.8 Å². The van der Waals surface area contributed by atoms with E-state index in [1.165, 1.54) is 0 Å². The molecule has 4 nitrogen and oxygen atoms in total. The average Bonchev–Trinajstić information content (AvgIpc) is 2.77. The van der Waals surface area contributed by atoms with Gasteiger partial charge < -0.3 is 20.4 Å². The zero-order valence-electron chi connectivity index (χ0n) is 20.6.